The van der Waals surface area contributed by atoms with Crippen LogP contribution in [0.5, 0.6) is 5.75 Å². The van der Waals surface area contributed by atoms with Gasteiger partial charge in [-0.25, -0.2) is 14.6 Å². The average molecular weight is 472 g/mol. The molecule has 1 aliphatic carbocycles. The number of hydrogen-bond acceptors (Lipinski definition) is 7. The molecule has 0 radical (unpaired) electrons. The highest BCUT2D eigenvalue weighted by atomic mass is 16.5. The number of aryl methyl sites for hydroxylation is 4. The zero-order chi connectivity index (χ0) is 24.4. The molecule has 9 heteroatoms. The summed E-state index contributed by atoms with van der Waals surface area (Å²) < 4.78 is 13.4. The Hall–Kier alpha value is -3.88. The van der Waals surface area contributed by atoms with Crippen molar-refractivity contribution in [3.63, 3.8) is 0 Å². The average Bonchev–Trinajstić information content (AvgIpc) is 3.40. The Labute approximate surface area is 202 Å². The Balaban J connectivity index is 1.56. The lowest BCUT2D eigenvalue weighted by atomic mass is 9.93. The van der Waals surface area contributed by atoms with Gasteiger partial charge in [-0.2, -0.15) is 5.10 Å². The summed E-state index contributed by atoms with van der Waals surface area (Å²) in [6, 6.07) is 4.56. The molecule has 4 heterocycles. The molecule has 9 nitrogen and oxygen atoms in total. The smallest absolute Gasteiger partial charge is 0.145 e. The highest BCUT2D eigenvalue weighted by molar-refractivity contribution is 6.13. The predicted molar refractivity (Wildman–Crippen MR) is 136 cm³/mol. The van der Waals surface area contributed by atoms with Gasteiger partial charge in [0.25, 0.3) is 0 Å². The second-order valence-electron chi connectivity index (χ2n) is 9.48. The van der Waals surface area contributed by atoms with E-state index in [1.54, 1.807) is 7.11 Å². The standard InChI is InChI=1S/C26H29N7O2/c1-12-13(2)31-33(17-8-7-9-17)26(12)30-25-23-18-11-21(34-6)19(22-14(3)32-35-15(22)4)10-20(18)29-24(23)27-16(5)28-25/h10-11,17H,7-9H2,1-6H3,(H2,27,28,29,30). The van der Waals surface area contributed by atoms with Gasteiger partial charge in [-0.1, -0.05) is 5.16 Å². The first-order valence-corrected chi connectivity index (χ1v) is 12.0. The first kappa shape index (κ1) is 21.6. The normalized spacial score (nSPS) is 14.1. The predicted octanol–water partition coefficient (Wildman–Crippen LogP) is 5.98. The lowest BCUT2D eigenvalue weighted by Gasteiger charge is -2.27. The van der Waals surface area contributed by atoms with Gasteiger partial charge in [0.05, 0.1) is 35.5 Å². The van der Waals surface area contributed by atoms with Crippen molar-refractivity contribution in [2.75, 3.05) is 12.4 Å². The van der Waals surface area contributed by atoms with Crippen LogP contribution in [0.2, 0.25) is 0 Å². The summed E-state index contributed by atoms with van der Waals surface area (Å²) >= 11 is 0. The first-order valence-electron chi connectivity index (χ1n) is 12.0. The summed E-state index contributed by atoms with van der Waals surface area (Å²) in [6.07, 6.45) is 3.55. The Morgan fingerprint density at radius 2 is 1.89 bits per heavy atom. The van der Waals surface area contributed by atoms with Crippen molar-refractivity contribution in [1.82, 2.24) is 29.9 Å². The van der Waals surface area contributed by atoms with E-state index in [1.807, 2.05) is 26.8 Å². The molecule has 35 heavy (non-hydrogen) atoms. The van der Waals surface area contributed by atoms with Crippen molar-refractivity contribution in [3.8, 4) is 16.9 Å². The maximum Gasteiger partial charge on any atom is 0.145 e. The van der Waals surface area contributed by atoms with E-state index in [0.717, 1.165) is 86.0 Å². The van der Waals surface area contributed by atoms with E-state index in [9.17, 15) is 0 Å². The van der Waals surface area contributed by atoms with Gasteiger partial charge >= 0.3 is 0 Å². The Morgan fingerprint density at radius 1 is 1.09 bits per heavy atom. The molecule has 0 bridgehead atoms. The number of fused-ring (bicyclic) bond motifs is 3. The molecule has 0 saturated heterocycles. The number of anilines is 2. The van der Waals surface area contributed by atoms with Gasteiger partial charge in [-0.3, -0.25) is 0 Å². The third-order valence-electron chi connectivity index (χ3n) is 7.23. The summed E-state index contributed by atoms with van der Waals surface area (Å²) in [6.45, 7) is 9.93. The van der Waals surface area contributed by atoms with E-state index in [-0.39, 0.29) is 0 Å². The molecule has 6 rings (SSSR count). The minimum atomic E-state index is 0.434. The highest BCUT2D eigenvalue weighted by Crippen LogP contribution is 2.42. The maximum absolute atomic E-state index is 5.82. The van der Waals surface area contributed by atoms with Crippen molar-refractivity contribution >= 4 is 33.6 Å². The zero-order valence-electron chi connectivity index (χ0n) is 20.9. The lowest BCUT2D eigenvalue weighted by Crippen LogP contribution is -2.20. The van der Waals surface area contributed by atoms with Gasteiger partial charge in [-0.15, -0.1) is 0 Å². The van der Waals surface area contributed by atoms with E-state index >= 15 is 0 Å². The van der Waals surface area contributed by atoms with Crippen LogP contribution >= 0.6 is 0 Å². The van der Waals surface area contributed by atoms with Crippen LogP contribution in [-0.2, 0) is 0 Å². The molecule has 0 amide bonds. The number of benzene rings is 1. The monoisotopic (exact) mass is 471 g/mol. The number of rotatable bonds is 5. The molecular weight excluding hydrogens is 442 g/mol. The fourth-order valence-corrected chi connectivity index (χ4v) is 5.05. The largest absolute Gasteiger partial charge is 0.496 e. The number of H-pyrrole nitrogens is 1. The number of aromatic amines is 1. The van der Waals surface area contributed by atoms with Crippen LogP contribution in [0.1, 0.15) is 53.8 Å². The van der Waals surface area contributed by atoms with Gasteiger partial charge in [0.15, 0.2) is 0 Å². The third kappa shape index (κ3) is 3.29. The van der Waals surface area contributed by atoms with Gasteiger partial charge in [-0.05, 0) is 66.0 Å². The summed E-state index contributed by atoms with van der Waals surface area (Å²) in [4.78, 5) is 13.0. The number of nitrogens with one attached hydrogen (secondary N) is 2. The minimum absolute atomic E-state index is 0.434. The van der Waals surface area contributed by atoms with Crippen LogP contribution in [0, 0.1) is 34.6 Å². The molecule has 1 aliphatic rings. The zero-order valence-corrected chi connectivity index (χ0v) is 20.9. The summed E-state index contributed by atoms with van der Waals surface area (Å²) in [5.41, 5.74) is 6.58. The van der Waals surface area contributed by atoms with Crippen molar-refractivity contribution in [3.05, 3.63) is 40.7 Å². The minimum Gasteiger partial charge on any atom is -0.496 e. The maximum atomic E-state index is 5.82. The van der Waals surface area contributed by atoms with Crippen molar-refractivity contribution in [2.24, 2.45) is 0 Å². The molecule has 1 fully saturated rings. The molecule has 4 aromatic heterocycles. The highest BCUT2D eigenvalue weighted by Gasteiger charge is 2.26. The van der Waals surface area contributed by atoms with Gasteiger partial charge in [0.2, 0.25) is 0 Å². The number of methoxy groups -OCH3 is 1. The second kappa shape index (κ2) is 7.83. The first-order chi connectivity index (χ1) is 16.9. The fourth-order valence-electron chi connectivity index (χ4n) is 5.05. The summed E-state index contributed by atoms with van der Waals surface area (Å²) in [5, 5.41) is 14.5. The molecule has 0 atom stereocenters. The van der Waals surface area contributed by atoms with Gasteiger partial charge < -0.3 is 19.6 Å². The summed E-state index contributed by atoms with van der Waals surface area (Å²) in [7, 11) is 1.68. The molecule has 5 aromatic rings. The summed E-state index contributed by atoms with van der Waals surface area (Å²) in [5.74, 6) is 3.94. The Morgan fingerprint density at radius 3 is 2.54 bits per heavy atom. The third-order valence-corrected chi connectivity index (χ3v) is 7.23. The number of hydrogen-bond donors (Lipinski definition) is 2. The quantitative estimate of drug-likeness (QED) is 0.325. The lowest BCUT2D eigenvalue weighted by molar-refractivity contribution is 0.292. The van der Waals surface area contributed by atoms with Crippen molar-refractivity contribution in [1.29, 1.82) is 0 Å². The molecule has 1 aromatic carbocycles. The number of nitrogens with zero attached hydrogens (tertiary/aromatic N) is 5. The fraction of sp³-hybridized carbons (Fsp3) is 0.385. The molecule has 0 unspecified atom stereocenters. The molecule has 2 N–H and O–H groups in total. The van der Waals surface area contributed by atoms with Gasteiger partial charge in [0, 0.05) is 22.0 Å². The van der Waals surface area contributed by atoms with E-state index < -0.39 is 0 Å². The molecule has 180 valence electrons. The molecular formula is C26H29N7O2. The number of ether oxygens (including phenoxy) is 1. The van der Waals surface area contributed by atoms with Crippen LogP contribution < -0.4 is 10.1 Å². The Kier molecular flexibility index (Phi) is 4.84. The van der Waals surface area contributed by atoms with E-state index in [1.165, 1.54) is 6.42 Å². The molecule has 0 spiro atoms. The van der Waals surface area contributed by atoms with Crippen LogP contribution in [-0.4, -0.2) is 37.0 Å². The molecule has 1 saturated carbocycles. The van der Waals surface area contributed by atoms with E-state index in [4.69, 9.17) is 24.3 Å². The molecule has 0 aliphatic heterocycles. The van der Waals surface area contributed by atoms with Crippen LogP contribution in [0.4, 0.5) is 11.6 Å². The SMILES string of the molecule is COc1cc2c(cc1-c1c(C)noc1C)[nH]c1nc(C)nc(Nc3c(C)c(C)nn3C3CCC3)c12. The van der Waals surface area contributed by atoms with Crippen LogP contribution in [0.3, 0.4) is 0 Å². The van der Waals surface area contributed by atoms with Crippen LogP contribution in [0.15, 0.2) is 16.7 Å². The Bertz CT molecular complexity index is 1580. The number of aromatic nitrogens is 6. The van der Waals surface area contributed by atoms with E-state index in [2.05, 4.69) is 40.1 Å². The van der Waals surface area contributed by atoms with Crippen molar-refractivity contribution in [2.45, 2.75) is 59.9 Å². The van der Waals surface area contributed by atoms with Crippen LogP contribution in [0.25, 0.3) is 33.1 Å². The second-order valence-corrected chi connectivity index (χ2v) is 9.48. The van der Waals surface area contributed by atoms with E-state index in [0.29, 0.717) is 11.9 Å². The van der Waals surface area contributed by atoms with Gasteiger partial charge in [0.1, 0.15) is 34.6 Å². The topological polar surface area (TPSA) is 107 Å². The van der Waals surface area contributed by atoms with Crippen molar-refractivity contribution < 1.29 is 9.26 Å².